The summed E-state index contributed by atoms with van der Waals surface area (Å²) >= 11 is 0. The van der Waals surface area contributed by atoms with Crippen LogP contribution in [0.4, 0.5) is 22.0 Å². The van der Waals surface area contributed by atoms with Gasteiger partial charge in [-0.3, -0.25) is 4.79 Å². The Morgan fingerprint density at radius 2 is 2.00 bits per heavy atom. The van der Waals surface area contributed by atoms with Gasteiger partial charge in [0.15, 0.2) is 5.75 Å². The van der Waals surface area contributed by atoms with Crippen LogP contribution in [0, 0.1) is 0 Å². The third-order valence-corrected chi connectivity index (χ3v) is 4.00. The maximum absolute atomic E-state index is 12.7. The van der Waals surface area contributed by atoms with Crippen LogP contribution in [0.15, 0.2) is 18.2 Å². The van der Waals surface area contributed by atoms with Crippen molar-refractivity contribution in [3.05, 3.63) is 23.9 Å². The quantitative estimate of drug-likeness (QED) is 0.523. The number of aromatic amines is 1. The molecule has 7 nitrogen and oxygen atoms in total. The lowest BCUT2D eigenvalue weighted by molar-refractivity contribution is -0.189. The predicted octanol–water partition coefficient (Wildman–Crippen LogP) is 2.33. The highest BCUT2D eigenvalue weighted by Crippen LogP contribution is 2.39. The van der Waals surface area contributed by atoms with Crippen molar-refractivity contribution in [3.8, 4) is 11.5 Å². The minimum absolute atomic E-state index is 0.0159. The van der Waals surface area contributed by atoms with Gasteiger partial charge >= 0.3 is 18.8 Å². The number of esters is 1. The van der Waals surface area contributed by atoms with E-state index in [1.54, 1.807) is 0 Å². The monoisotopic (exact) mass is 407 g/mol. The summed E-state index contributed by atoms with van der Waals surface area (Å²) in [7, 11) is 0. The highest BCUT2D eigenvalue weighted by Gasteiger charge is 2.43. The summed E-state index contributed by atoms with van der Waals surface area (Å²) in [5.74, 6) is -4.83. The third-order valence-electron chi connectivity index (χ3n) is 4.00. The first kappa shape index (κ1) is 19.9. The van der Waals surface area contributed by atoms with Crippen molar-refractivity contribution >= 4 is 22.8 Å². The zero-order valence-electron chi connectivity index (χ0n) is 14.0. The Kier molecular flexibility index (Phi) is 5.40. The van der Waals surface area contributed by atoms with Crippen LogP contribution in [0.3, 0.4) is 0 Å². The first-order valence-electron chi connectivity index (χ1n) is 8.07. The normalized spacial score (nSPS) is 17.1. The van der Waals surface area contributed by atoms with Crippen molar-refractivity contribution in [1.29, 1.82) is 0 Å². The Morgan fingerprint density at radius 1 is 1.25 bits per heavy atom. The minimum atomic E-state index is -5.36. The summed E-state index contributed by atoms with van der Waals surface area (Å²) in [6.07, 6.45) is -4.77. The van der Waals surface area contributed by atoms with Crippen molar-refractivity contribution in [2.45, 2.75) is 25.3 Å². The number of hydrogen-bond acceptors (Lipinski definition) is 5. The lowest BCUT2D eigenvalue weighted by Gasteiger charge is -2.13. The van der Waals surface area contributed by atoms with Crippen LogP contribution < -0.4 is 20.1 Å². The molecule has 0 aliphatic carbocycles. The summed E-state index contributed by atoms with van der Waals surface area (Å²) < 4.78 is 72.0. The first-order chi connectivity index (χ1) is 13.2. The Morgan fingerprint density at radius 3 is 2.61 bits per heavy atom. The number of hydrogen-bond donors (Lipinski definition) is 3. The molecule has 1 aromatic heterocycles. The lowest BCUT2D eigenvalue weighted by Crippen LogP contribution is -2.37. The second kappa shape index (κ2) is 7.62. The molecule has 1 atom stereocenters. The van der Waals surface area contributed by atoms with Crippen LogP contribution >= 0.6 is 0 Å². The number of aromatic nitrogens is 1. The number of fused-ring (bicyclic) bond motifs is 1. The molecular formula is C16H14F5N3O4. The Labute approximate surface area is 154 Å². The highest BCUT2D eigenvalue weighted by molar-refractivity contribution is 6.06. The van der Waals surface area contributed by atoms with Gasteiger partial charge in [0.05, 0.1) is 10.9 Å². The van der Waals surface area contributed by atoms with Gasteiger partial charge in [0.2, 0.25) is 0 Å². The fourth-order valence-electron chi connectivity index (χ4n) is 2.83. The van der Waals surface area contributed by atoms with Gasteiger partial charge in [-0.15, -0.1) is 0 Å². The molecule has 3 N–H and O–H groups in total. The van der Waals surface area contributed by atoms with Gasteiger partial charge in [-0.05, 0) is 25.1 Å². The van der Waals surface area contributed by atoms with Crippen molar-refractivity contribution in [1.82, 2.24) is 15.6 Å². The Hall–Kier alpha value is -2.89. The van der Waals surface area contributed by atoms with E-state index < -0.39 is 41.9 Å². The molecule has 0 radical (unpaired) electrons. The van der Waals surface area contributed by atoms with Gasteiger partial charge in [-0.2, -0.15) is 22.0 Å². The minimum Gasteiger partial charge on any atom is -0.434 e. The molecule has 1 unspecified atom stereocenters. The molecule has 1 aromatic carbocycles. The zero-order valence-corrected chi connectivity index (χ0v) is 14.0. The summed E-state index contributed by atoms with van der Waals surface area (Å²) in [5, 5.41) is 5.19. The van der Waals surface area contributed by atoms with E-state index in [0.717, 1.165) is 6.07 Å². The van der Waals surface area contributed by atoms with E-state index in [2.05, 4.69) is 25.1 Å². The van der Waals surface area contributed by atoms with E-state index in [9.17, 15) is 31.5 Å². The number of rotatable bonds is 5. The summed E-state index contributed by atoms with van der Waals surface area (Å²) in [6.45, 7) is -2.20. The number of carbonyl (C=O) groups is 2. The van der Waals surface area contributed by atoms with Crippen molar-refractivity contribution in [3.63, 3.8) is 0 Å². The van der Waals surface area contributed by atoms with E-state index in [0.29, 0.717) is 19.5 Å². The average Bonchev–Trinajstić information content (AvgIpc) is 3.22. The van der Waals surface area contributed by atoms with Crippen LogP contribution in [-0.4, -0.2) is 48.8 Å². The zero-order chi connectivity index (χ0) is 20.5. The maximum Gasteiger partial charge on any atom is 0.491 e. The number of amides is 1. The van der Waals surface area contributed by atoms with E-state index in [4.69, 9.17) is 0 Å². The number of carbonyl (C=O) groups excluding carboxylic acids is 2. The van der Waals surface area contributed by atoms with E-state index >= 15 is 0 Å². The van der Waals surface area contributed by atoms with E-state index in [1.807, 2.05) is 0 Å². The number of nitrogens with one attached hydrogen (secondary N) is 3. The third kappa shape index (κ3) is 4.16. The van der Waals surface area contributed by atoms with Crippen LogP contribution in [0.1, 0.15) is 16.9 Å². The molecule has 1 saturated heterocycles. The molecule has 0 spiro atoms. The molecule has 28 heavy (non-hydrogen) atoms. The standard InChI is InChI=1S/C16H14F5N3O4/c17-15(18)27-9-3-1-2-8-10(9)12(28-14(26)16(19,20)21)11(24-8)13(25)23-7-4-5-22-6-7/h1-3,7,15,22,24H,4-6H2,(H,23,25). The SMILES string of the molecule is O=C(NC1CCNC1)c1[nH]c2cccc(OC(F)F)c2c1OC(=O)C(F)(F)F. The molecule has 12 heteroatoms. The molecule has 2 heterocycles. The summed E-state index contributed by atoms with van der Waals surface area (Å²) in [4.78, 5) is 26.4. The lowest BCUT2D eigenvalue weighted by atomic mass is 10.2. The molecule has 1 aliphatic heterocycles. The largest absolute Gasteiger partial charge is 0.491 e. The number of benzene rings is 1. The van der Waals surface area contributed by atoms with Crippen LogP contribution in [0.2, 0.25) is 0 Å². The molecule has 2 aromatic rings. The van der Waals surface area contributed by atoms with Gasteiger partial charge in [-0.1, -0.05) is 6.07 Å². The second-order valence-electron chi connectivity index (χ2n) is 5.94. The molecular weight excluding hydrogens is 393 g/mol. The molecule has 1 aliphatic rings. The topological polar surface area (TPSA) is 92.5 Å². The molecule has 1 fully saturated rings. The molecule has 152 valence electrons. The van der Waals surface area contributed by atoms with Gasteiger partial charge in [0.1, 0.15) is 11.4 Å². The van der Waals surface area contributed by atoms with E-state index in [1.165, 1.54) is 12.1 Å². The fraction of sp³-hybridized carbons (Fsp3) is 0.375. The van der Waals surface area contributed by atoms with Crippen LogP contribution in [0.25, 0.3) is 10.9 Å². The predicted molar refractivity (Wildman–Crippen MR) is 85.4 cm³/mol. The first-order valence-corrected chi connectivity index (χ1v) is 8.07. The average molecular weight is 407 g/mol. The molecule has 3 rings (SSSR count). The van der Waals surface area contributed by atoms with Crippen molar-refractivity contribution in [2.24, 2.45) is 0 Å². The second-order valence-corrected chi connectivity index (χ2v) is 5.94. The smallest absolute Gasteiger partial charge is 0.434 e. The van der Waals surface area contributed by atoms with Gasteiger partial charge in [0.25, 0.3) is 5.91 Å². The molecule has 0 bridgehead atoms. The van der Waals surface area contributed by atoms with Gasteiger partial charge < -0.3 is 25.1 Å². The van der Waals surface area contributed by atoms with Crippen molar-refractivity contribution < 1.29 is 41.0 Å². The fourth-order valence-corrected chi connectivity index (χ4v) is 2.83. The van der Waals surface area contributed by atoms with Crippen LogP contribution in [-0.2, 0) is 4.79 Å². The summed E-state index contributed by atoms with van der Waals surface area (Å²) in [5.41, 5.74) is -0.525. The van der Waals surface area contributed by atoms with Crippen molar-refractivity contribution in [2.75, 3.05) is 13.1 Å². The Bertz CT molecular complexity index is 890. The number of ether oxygens (including phenoxy) is 2. The number of alkyl halides is 5. The number of halogens is 5. The highest BCUT2D eigenvalue weighted by atomic mass is 19.4. The molecule has 0 saturated carbocycles. The molecule has 1 amide bonds. The summed E-state index contributed by atoms with van der Waals surface area (Å²) in [6, 6.07) is 3.36. The Balaban J connectivity index is 2.06. The van der Waals surface area contributed by atoms with Gasteiger partial charge in [-0.25, -0.2) is 4.79 Å². The van der Waals surface area contributed by atoms with Crippen LogP contribution in [0.5, 0.6) is 11.5 Å². The maximum atomic E-state index is 12.7. The van der Waals surface area contributed by atoms with Gasteiger partial charge in [0, 0.05) is 12.6 Å². The van der Waals surface area contributed by atoms with E-state index in [-0.39, 0.29) is 16.9 Å². The number of H-pyrrole nitrogens is 1.